The smallest absolute Gasteiger partial charge is 0.142 e. The molecule has 0 aliphatic heterocycles. The Labute approximate surface area is 117 Å². The first-order valence-electron chi connectivity index (χ1n) is 6.02. The van der Waals surface area contributed by atoms with E-state index in [4.69, 9.17) is 22.1 Å². The van der Waals surface area contributed by atoms with Crippen molar-refractivity contribution in [2.45, 2.75) is 13.0 Å². The van der Waals surface area contributed by atoms with Crippen LogP contribution in [0.5, 0.6) is 0 Å². The van der Waals surface area contributed by atoms with E-state index in [2.05, 4.69) is 0 Å². The Kier molecular flexibility index (Phi) is 4.77. The molecule has 0 bridgehead atoms. The Morgan fingerprint density at radius 3 is 2.68 bits per heavy atom. The first-order valence-corrected chi connectivity index (χ1v) is 6.39. The van der Waals surface area contributed by atoms with Gasteiger partial charge in [0.25, 0.3) is 0 Å². The Morgan fingerprint density at radius 1 is 1.16 bits per heavy atom. The topological polar surface area (TPSA) is 35.2 Å². The van der Waals surface area contributed by atoms with Crippen molar-refractivity contribution in [3.05, 3.63) is 64.4 Å². The molecule has 0 unspecified atom stereocenters. The number of halogens is 2. The first-order chi connectivity index (χ1) is 9.16. The zero-order valence-electron chi connectivity index (χ0n) is 10.4. The number of anilines is 1. The summed E-state index contributed by atoms with van der Waals surface area (Å²) in [4.78, 5) is 0. The highest BCUT2D eigenvalue weighted by molar-refractivity contribution is 6.30. The number of hydrogen-bond donors (Lipinski definition) is 1. The number of nitrogen functional groups attached to an aromatic ring is 1. The van der Waals surface area contributed by atoms with Gasteiger partial charge in [0.2, 0.25) is 0 Å². The molecule has 2 nitrogen and oxygen atoms in total. The molecule has 0 aromatic heterocycles. The molecule has 19 heavy (non-hydrogen) atoms. The monoisotopic (exact) mass is 279 g/mol. The second-order valence-electron chi connectivity index (χ2n) is 4.25. The SMILES string of the molecule is Nc1ccccc1CCOCc1ccc(Cl)c(F)c1. The van der Waals surface area contributed by atoms with E-state index in [1.165, 1.54) is 12.1 Å². The minimum Gasteiger partial charge on any atom is -0.399 e. The molecule has 0 radical (unpaired) electrons. The van der Waals surface area contributed by atoms with Crippen molar-refractivity contribution >= 4 is 17.3 Å². The van der Waals surface area contributed by atoms with Gasteiger partial charge in [-0.05, 0) is 35.7 Å². The third kappa shape index (κ3) is 3.94. The lowest BCUT2D eigenvalue weighted by Gasteiger charge is -2.07. The average Bonchev–Trinajstić information content (AvgIpc) is 2.40. The molecule has 2 N–H and O–H groups in total. The Bertz CT molecular complexity index is 560. The maximum Gasteiger partial charge on any atom is 0.142 e. The maximum absolute atomic E-state index is 13.2. The summed E-state index contributed by atoms with van der Waals surface area (Å²) in [6.07, 6.45) is 0.739. The second-order valence-corrected chi connectivity index (χ2v) is 4.66. The average molecular weight is 280 g/mol. The molecule has 0 spiro atoms. The summed E-state index contributed by atoms with van der Waals surface area (Å²) in [6.45, 7) is 0.902. The van der Waals surface area contributed by atoms with Crippen molar-refractivity contribution in [2.24, 2.45) is 0 Å². The van der Waals surface area contributed by atoms with E-state index >= 15 is 0 Å². The van der Waals surface area contributed by atoms with E-state index in [0.717, 1.165) is 23.2 Å². The third-order valence-electron chi connectivity index (χ3n) is 2.82. The van der Waals surface area contributed by atoms with E-state index in [-0.39, 0.29) is 5.02 Å². The number of rotatable bonds is 5. The zero-order chi connectivity index (χ0) is 13.7. The van der Waals surface area contributed by atoms with Crippen LogP contribution >= 0.6 is 11.6 Å². The zero-order valence-corrected chi connectivity index (χ0v) is 11.2. The summed E-state index contributed by atoms with van der Waals surface area (Å²) >= 11 is 5.61. The summed E-state index contributed by atoms with van der Waals surface area (Å²) in [6, 6.07) is 12.4. The lowest BCUT2D eigenvalue weighted by atomic mass is 10.1. The first kappa shape index (κ1) is 13.8. The van der Waals surface area contributed by atoms with Crippen LogP contribution in [-0.4, -0.2) is 6.61 Å². The van der Waals surface area contributed by atoms with Gasteiger partial charge in [0.15, 0.2) is 0 Å². The van der Waals surface area contributed by atoms with Gasteiger partial charge in [-0.1, -0.05) is 35.9 Å². The van der Waals surface area contributed by atoms with Crippen LogP contribution in [0.1, 0.15) is 11.1 Å². The van der Waals surface area contributed by atoms with Crippen molar-refractivity contribution in [2.75, 3.05) is 12.3 Å². The molecule has 100 valence electrons. The predicted octanol–water partition coefficient (Wildman–Crippen LogP) is 3.82. The molecular weight excluding hydrogens is 265 g/mol. The highest BCUT2D eigenvalue weighted by atomic mass is 35.5. The fourth-order valence-electron chi connectivity index (χ4n) is 1.76. The maximum atomic E-state index is 13.2. The molecule has 0 heterocycles. The van der Waals surface area contributed by atoms with Gasteiger partial charge in [-0.25, -0.2) is 4.39 Å². The van der Waals surface area contributed by atoms with Crippen LogP contribution in [0.25, 0.3) is 0 Å². The number of ether oxygens (including phenoxy) is 1. The van der Waals surface area contributed by atoms with Gasteiger partial charge in [0.1, 0.15) is 5.82 Å². The molecule has 0 saturated heterocycles. The molecule has 0 amide bonds. The van der Waals surface area contributed by atoms with Gasteiger partial charge < -0.3 is 10.5 Å². The summed E-state index contributed by atoms with van der Waals surface area (Å²) < 4.78 is 18.7. The molecule has 2 rings (SSSR count). The molecule has 0 saturated carbocycles. The quantitative estimate of drug-likeness (QED) is 0.667. The highest BCUT2D eigenvalue weighted by Gasteiger charge is 2.02. The summed E-state index contributed by atoms with van der Waals surface area (Å²) in [5.41, 5.74) is 8.42. The molecule has 2 aromatic rings. The molecular formula is C15H15ClFNO. The van der Waals surface area contributed by atoms with Gasteiger partial charge in [0, 0.05) is 5.69 Å². The van der Waals surface area contributed by atoms with E-state index < -0.39 is 5.82 Å². The molecule has 0 atom stereocenters. The van der Waals surface area contributed by atoms with Gasteiger partial charge >= 0.3 is 0 Å². The van der Waals surface area contributed by atoms with Crippen LogP contribution in [-0.2, 0) is 17.8 Å². The van der Waals surface area contributed by atoms with Crippen LogP contribution in [0.15, 0.2) is 42.5 Å². The van der Waals surface area contributed by atoms with E-state index in [1.54, 1.807) is 6.07 Å². The molecule has 0 aliphatic carbocycles. The Morgan fingerprint density at radius 2 is 1.95 bits per heavy atom. The van der Waals surface area contributed by atoms with Crippen molar-refractivity contribution < 1.29 is 9.13 Å². The van der Waals surface area contributed by atoms with E-state index in [9.17, 15) is 4.39 Å². The number of hydrogen-bond acceptors (Lipinski definition) is 2. The number of nitrogens with two attached hydrogens (primary N) is 1. The standard InChI is InChI=1S/C15H15ClFNO/c16-13-6-5-11(9-14(13)17)10-19-8-7-12-3-1-2-4-15(12)18/h1-6,9H,7-8,10,18H2. The van der Waals surface area contributed by atoms with Gasteiger partial charge in [-0.15, -0.1) is 0 Å². The second kappa shape index (κ2) is 6.55. The van der Waals surface area contributed by atoms with Crippen LogP contribution in [0.3, 0.4) is 0 Å². The van der Waals surface area contributed by atoms with Crippen LogP contribution in [0.2, 0.25) is 5.02 Å². The minimum absolute atomic E-state index is 0.126. The Hall–Kier alpha value is -1.58. The van der Waals surface area contributed by atoms with Gasteiger partial charge in [-0.3, -0.25) is 0 Å². The van der Waals surface area contributed by atoms with E-state index in [1.807, 2.05) is 24.3 Å². The van der Waals surface area contributed by atoms with Crippen molar-refractivity contribution in [3.63, 3.8) is 0 Å². The largest absolute Gasteiger partial charge is 0.399 e. The lowest BCUT2D eigenvalue weighted by molar-refractivity contribution is 0.123. The van der Waals surface area contributed by atoms with Gasteiger partial charge in [0.05, 0.1) is 18.2 Å². The molecule has 2 aromatic carbocycles. The molecule has 0 fully saturated rings. The van der Waals surface area contributed by atoms with Crippen molar-refractivity contribution in [1.29, 1.82) is 0 Å². The molecule has 4 heteroatoms. The fraction of sp³-hybridized carbons (Fsp3) is 0.200. The number of para-hydroxylation sites is 1. The normalized spacial score (nSPS) is 10.6. The molecule has 0 aliphatic rings. The van der Waals surface area contributed by atoms with Gasteiger partial charge in [-0.2, -0.15) is 0 Å². The fourth-order valence-corrected chi connectivity index (χ4v) is 1.88. The van der Waals surface area contributed by atoms with Crippen LogP contribution in [0, 0.1) is 5.82 Å². The van der Waals surface area contributed by atoms with Crippen molar-refractivity contribution in [1.82, 2.24) is 0 Å². The van der Waals surface area contributed by atoms with Crippen LogP contribution in [0.4, 0.5) is 10.1 Å². The Balaban J connectivity index is 1.81. The van der Waals surface area contributed by atoms with Crippen molar-refractivity contribution in [3.8, 4) is 0 Å². The predicted molar refractivity (Wildman–Crippen MR) is 75.6 cm³/mol. The number of benzene rings is 2. The summed E-state index contributed by atoms with van der Waals surface area (Å²) in [5.74, 6) is -0.421. The summed E-state index contributed by atoms with van der Waals surface area (Å²) in [5, 5.41) is 0.126. The minimum atomic E-state index is -0.421. The third-order valence-corrected chi connectivity index (χ3v) is 3.13. The van der Waals surface area contributed by atoms with Crippen LogP contribution < -0.4 is 5.73 Å². The lowest BCUT2D eigenvalue weighted by Crippen LogP contribution is -2.02. The summed E-state index contributed by atoms with van der Waals surface area (Å²) in [7, 11) is 0. The highest BCUT2D eigenvalue weighted by Crippen LogP contribution is 2.16. The van der Waals surface area contributed by atoms with E-state index in [0.29, 0.717) is 13.2 Å².